The van der Waals surface area contributed by atoms with E-state index >= 15 is 0 Å². The second kappa shape index (κ2) is 4.74. The van der Waals surface area contributed by atoms with Gasteiger partial charge in [0.1, 0.15) is 0 Å². The van der Waals surface area contributed by atoms with Crippen molar-refractivity contribution in [2.75, 3.05) is 11.5 Å². The second-order valence-corrected chi connectivity index (χ2v) is 5.50. The molecule has 15 heavy (non-hydrogen) atoms. The number of thiol groups is 1. The van der Waals surface area contributed by atoms with Crippen molar-refractivity contribution in [1.82, 2.24) is 20.2 Å². The molecule has 84 valence electrons. The molecule has 1 heterocycles. The van der Waals surface area contributed by atoms with E-state index in [1.807, 2.05) is 7.05 Å². The van der Waals surface area contributed by atoms with Crippen LogP contribution < -0.4 is 0 Å². The Labute approximate surface area is 99.6 Å². The molecule has 0 saturated heterocycles. The smallest absolute Gasteiger partial charge is 0.209 e. The summed E-state index contributed by atoms with van der Waals surface area (Å²) in [4.78, 5) is 0. The molecule has 0 spiro atoms. The number of hydrogen-bond donors (Lipinski definition) is 1. The van der Waals surface area contributed by atoms with Gasteiger partial charge in [0, 0.05) is 12.8 Å². The van der Waals surface area contributed by atoms with Gasteiger partial charge in [-0.05, 0) is 34.4 Å². The molecule has 1 aliphatic rings. The molecule has 1 aromatic rings. The van der Waals surface area contributed by atoms with Gasteiger partial charge < -0.3 is 0 Å². The van der Waals surface area contributed by atoms with Crippen LogP contribution in [-0.4, -0.2) is 31.7 Å². The maximum atomic E-state index is 4.49. The number of aryl methyl sites for hydroxylation is 1. The Morgan fingerprint density at radius 1 is 1.47 bits per heavy atom. The Bertz CT molecular complexity index is 320. The van der Waals surface area contributed by atoms with Crippen LogP contribution in [0, 0.1) is 5.41 Å². The second-order valence-electron chi connectivity index (χ2n) is 4.24. The maximum absolute atomic E-state index is 4.49. The zero-order valence-corrected chi connectivity index (χ0v) is 10.6. The van der Waals surface area contributed by atoms with Gasteiger partial charge >= 0.3 is 0 Å². The monoisotopic (exact) mass is 244 g/mol. The highest BCUT2D eigenvalue weighted by atomic mass is 32.2. The molecule has 0 unspecified atom stereocenters. The molecule has 1 saturated carbocycles. The summed E-state index contributed by atoms with van der Waals surface area (Å²) in [7, 11) is 1.88. The van der Waals surface area contributed by atoms with Crippen molar-refractivity contribution in [2.24, 2.45) is 12.5 Å². The third kappa shape index (κ3) is 2.47. The molecule has 0 bridgehead atoms. The first-order chi connectivity index (χ1) is 7.26. The van der Waals surface area contributed by atoms with Crippen molar-refractivity contribution in [3.05, 3.63) is 0 Å². The van der Waals surface area contributed by atoms with Gasteiger partial charge in [-0.25, -0.2) is 4.68 Å². The Balaban J connectivity index is 1.94. The summed E-state index contributed by atoms with van der Waals surface area (Å²) in [6.07, 6.45) is 5.29. The van der Waals surface area contributed by atoms with Crippen LogP contribution in [0.15, 0.2) is 5.16 Å². The van der Waals surface area contributed by atoms with Crippen LogP contribution in [0.25, 0.3) is 0 Å². The SMILES string of the molecule is Cn1nnnc1SCC1(CS)CCCC1. The van der Waals surface area contributed by atoms with Gasteiger partial charge in [-0.3, -0.25) is 0 Å². The molecule has 6 heteroatoms. The van der Waals surface area contributed by atoms with Crippen molar-refractivity contribution in [3.63, 3.8) is 0 Å². The fourth-order valence-electron chi connectivity index (χ4n) is 2.03. The average Bonchev–Trinajstić information content (AvgIpc) is 2.85. The van der Waals surface area contributed by atoms with Gasteiger partial charge in [-0.1, -0.05) is 24.6 Å². The molecular formula is C9H16N4S2. The highest BCUT2D eigenvalue weighted by Crippen LogP contribution is 2.42. The number of rotatable bonds is 4. The molecule has 0 aliphatic heterocycles. The van der Waals surface area contributed by atoms with Gasteiger partial charge in [0.25, 0.3) is 0 Å². The molecule has 2 rings (SSSR count). The molecule has 0 atom stereocenters. The number of nitrogens with zero attached hydrogens (tertiary/aromatic N) is 4. The summed E-state index contributed by atoms with van der Waals surface area (Å²) in [5.41, 5.74) is 0.416. The average molecular weight is 244 g/mol. The zero-order chi connectivity index (χ0) is 10.7. The lowest BCUT2D eigenvalue weighted by molar-refractivity contribution is 0.403. The summed E-state index contributed by atoms with van der Waals surface area (Å²) >= 11 is 6.24. The van der Waals surface area contributed by atoms with E-state index in [4.69, 9.17) is 0 Å². The highest BCUT2D eigenvalue weighted by Gasteiger charge is 2.32. The predicted octanol–water partition coefficient (Wildman–Crippen LogP) is 1.79. The Kier molecular flexibility index (Phi) is 3.56. The number of tetrazole rings is 1. The molecular weight excluding hydrogens is 228 g/mol. The van der Waals surface area contributed by atoms with Gasteiger partial charge in [0.05, 0.1) is 0 Å². The first-order valence-corrected chi connectivity index (χ1v) is 6.84. The molecule has 1 fully saturated rings. The summed E-state index contributed by atoms with van der Waals surface area (Å²) in [5.74, 6) is 2.07. The van der Waals surface area contributed by atoms with E-state index in [1.54, 1.807) is 16.4 Å². The molecule has 0 N–H and O–H groups in total. The first-order valence-electron chi connectivity index (χ1n) is 5.22. The minimum absolute atomic E-state index is 0.416. The molecule has 0 radical (unpaired) electrons. The van der Waals surface area contributed by atoms with Gasteiger partial charge in [0.15, 0.2) is 0 Å². The van der Waals surface area contributed by atoms with Gasteiger partial charge in [-0.2, -0.15) is 12.6 Å². The number of hydrogen-bond acceptors (Lipinski definition) is 5. The van der Waals surface area contributed by atoms with Crippen LogP contribution in [-0.2, 0) is 7.05 Å². The van der Waals surface area contributed by atoms with Gasteiger partial charge in [0.2, 0.25) is 5.16 Å². The molecule has 0 aromatic carbocycles. The molecule has 0 amide bonds. The lowest BCUT2D eigenvalue weighted by atomic mass is 9.91. The summed E-state index contributed by atoms with van der Waals surface area (Å²) in [5, 5.41) is 12.4. The van der Waals surface area contributed by atoms with E-state index in [-0.39, 0.29) is 0 Å². The summed E-state index contributed by atoms with van der Waals surface area (Å²) in [6.45, 7) is 0. The lowest BCUT2D eigenvalue weighted by Gasteiger charge is -2.25. The van der Waals surface area contributed by atoms with E-state index in [1.165, 1.54) is 25.7 Å². The van der Waals surface area contributed by atoms with Crippen LogP contribution in [0.4, 0.5) is 0 Å². The summed E-state index contributed by atoms with van der Waals surface area (Å²) in [6, 6.07) is 0. The van der Waals surface area contributed by atoms with Crippen molar-refractivity contribution in [1.29, 1.82) is 0 Å². The van der Waals surface area contributed by atoms with E-state index in [2.05, 4.69) is 28.2 Å². The Hall–Kier alpha value is -0.230. The normalized spacial score (nSPS) is 19.6. The van der Waals surface area contributed by atoms with Crippen molar-refractivity contribution >= 4 is 24.4 Å². The maximum Gasteiger partial charge on any atom is 0.209 e. The number of thioether (sulfide) groups is 1. The van der Waals surface area contributed by atoms with Crippen molar-refractivity contribution < 1.29 is 0 Å². The van der Waals surface area contributed by atoms with Crippen LogP contribution in [0.5, 0.6) is 0 Å². The van der Waals surface area contributed by atoms with E-state index in [0.717, 1.165) is 16.7 Å². The fraction of sp³-hybridized carbons (Fsp3) is 0.889. The van der Waals surface area contributed by atoms with E-state index in [9.17, 15) is 0 Å². The topological polar surface area (TPSA) is 43.6 Å². The highest BCUT2D eigenvalue weighted by molar-refractivity contribution is 7.99. The van der Waals surface area contributed by atoms with Crippen LogP contribution in [0.1, 0.15) is 25.7 Å². The fourth-order valence-corrected chi connectivity index (χ4v) is 3.76. The lowest BCUT2D eigenvalue weighted by Crippen LogP contribution is -2.21. The predicted molar refractivity (Wildman–Crippen MR) is 64.3 cm³/mol. The first kappa shape index (κ1) is 11.3. The van der Waals surface area contributed by atoms with Crippen LogP contribution in [0.2, 0.25) is 0 Å². The summed E-state index contributed by atoms with van der Waals surface area (Å²) < 4.78 is 1.73. The minimum Gasteiger partial charge on any atom is -0.224 e. The molecule has 4 nitrogen and oxygen atoms in total. The third-order valence-electron chi connectivity index (χ3n) is 3.09. The van der Waals surface area contributed by atoms with Crippen molar-refractivity contribution in [3.8, 4) is 0 Å². The minimum atomic E-state index is 0.416. The standard InChI is InChI=1S/C9H16N4S2/c1-13-8(10-11-12-13)15-7-9(6-14)4-2-3-5-9/h14H,2-7H2,1H3. The Morgan fingerprint density at radius 3 is 2.73 bits per heavy atom. The van der Waals surface area contributed by atoms with E-state index < -0.39 is 0 Å². The van der Waals surface area contributed by atoms with Gasteiger partial charge in [-0.15, -0.1) is 5.10 Å². The van der Waals surface area contributed by atoms with Crippen LogP contribution >= 0.6 is 24.4 Å². The third-order valence-corrected chi connectivity index (χ3v) is 5.12. The quantitative estimate of drug-likeness (QED) is 0.648. The zero-order valence-electron chi connectivity index (χ0n) is 8.89. The van der Waals surface area contributed by atoms with E-state index in [0.29, 0.717) is 5.41 Å². The molecule has 1 aliphatic carbocycles. The molecule has 1 aromatic heterocycles. The Morgan fingerprint density at radius 2 is 2.20 bits per heavy atom. The van der Waals surface area contributed by atoms with Crippen LogP contribution in [0.3, 0.4) is 0 Å². The van der Waals surface area contributed by atoms with Crippen molar-refractivity contribution in [2.45, 2.75) is 30.8 Å². The largest absolute Gasteiger partial charge is 0.224 e. The number of aromatic nitrogens is 4.